The smallest absolute Gasteiger partial charge is 0.451 e. The number of esters is 1. The molecule has 1 aliphatic rings. The molecule has 110 valence electrons. The van der Waals surface area contributed by atoms with Crippen LogP contribution < -0.4 is 0 Å². The van der Waals surface area contributed by atoms with E-state index in [1.54, 1.807) is 0 Å². The van der Waals surface area contributed by atoms with Crippen LogP contribution in [0.5, 0.6) is 0 Å². The highest BCUT2D eigenvalue weighted by Crippen LogP contribution is 2.39. The Balaban J connectivity index is 3.07. The molecular formula is C8H8F4O6S. The van der Waals surface area contributed by atoms with Crippen molar-refractivity contribution in [3.05, 3.63) is 0 Å². The molecule has 19 heavy (non-hydrogen) atoms. The molecule has 0 aromatic carbocycles. The molecule has 6 nitrogen and oxygen atoms in total. The number of Topliss-reactive ketones (excluding diaryl/α,β-unsaturated/α-hetero) is 1. The Kier molecular flexibility index (Phi) is 3.92. The maximum atomic E-state index is 13.4. The molecule has 0 amide bonds. The molecule has 1 N–H and O–H groups in total. The first-order valence-electron chi connectivity index (χ1n) is 4.87. The van der Waals surface area contributed by atoms with Crippen LogP contribution in [0, 0.1) is 0 Å². The highest BCUT2D eigenvalue weighted by molar-refractivity contribution is 7.88. The van der Waals surface area contributed by atoms with Gasteiger partial charge in [-0.05, 0) is 12.8 Å². The van der Waals surface area contributed by atoms with Crippen molar-refractivity contribution < 1.29 is 44.9 Å². The van der Waals surface area contributed by atoms with Gasteiger partial charge >= 0.3 is 27.3 Å². The van der Waals surface area contributed by atoms with Crippen molar-refractivity contribution >= 4 is 21.9 Å². The van der Waals surface area contributed by atoms with E-state index in [1.807, 2.05) is 0 Å². The average Bonchev–Trinajstić information content (AvgIpc) is 2.59. The van der Waals surface area contributed by atoms with Crippen LogP contribution in [-0.2, 0) is 24.4 Å². The topological polar surface area (TPSA) is 97.7 Å². The van der Waals surface area contributed by atoms with Gasteiger partial charge in [0.2, 0.25) is 0 Å². The van der Waals surface area contributed by atoms with Gasteiger partial charge in [-0.2, -0.15) is 21.6 Å². The van der Waals surface area contributed by atoms with Crippen LogP contribution >= 0.6 is 0 Å². The monoisotopic (exact) mass is 308 g/mol. The Morgan fingerprint density at radius 1 is 1.32 bits per heavy atom. The molecule has 0 bridgehead atoms. The fourth-order valence-electron chi connectivity index (χ4n) is 1.48. The Morgan fingerprint density at radius 3 is 2.16 bits per heavy atom. The second-order valence-electron chi connectivity index (χ2n) is 3.82. The molecule has 1 aliphatic carbocycles. The molecule has 1 saturated carbocycles. The van der Waals surface area contributed by atoms with E-state index < -0.39 is 39.2 Å². The minimum absolute atomic E-state index is 0.0743. The Morgan fingerprint density at radius 2 is 1.84 bits per heavy atom. The molecule has 0 aromatic heterocycles. The first-order chi connectivity index (χ1) is 8.41. The summed E-state index contributed by atoms with van der Waals surface area (Å²) in [5.41, 5.74) is 0. The van der Waals surface area contributed by atoms with E-state index >= 15 is 0 Å². The highest BCUT2D eigenvalue weighted by atomic mass is 32.2. The lowest BCUT2D eigenvalue weighted by Gasteiger charge is -2.23. The number of hydrogen-bond donors (Lipinski definition) is 1. The third-order valence-corrected chi connectivity index (χ3v) is 3.59. The van der Waals surface area contributed by atoms with Gasteiger partial charge in [-0.25, -0.2) is 9.18 Å². The molecule has 1 fully saturated rings. The fourth-order valence-corrected chi connectivity index (χ4v) is 2.03. The van der Waals surface area contributed by atoms with E-state index in [1.165, 1.54) is 0 Å². The van der Waals surface area contributed by atoms with Gasteiger partial charge in [0.15, 0.2) is 11.9 Å². The molecular weight excluding hydrogens is 300 g/mol. The maximum Gasteiger partial charge on any atom is 0.451 e. The van der Waals surface area contributed by atoms with Crippen molar-refractivity contribution in [1.29, 1.82) is 0 Å². The number of carbonyl (C=O) groups is 2. The van der Waals surface area contributed by atoms with Gasteiger partial charge in [0.05, 0.1) is 0 Å². The van der Waals surface area contributed by atoms with Gasteiger partial charge < -0.3 is 4.74 Å². The van der Waals surface area contributed by atoms with E-state index in [-0.39, 0.29) is 19.3 Å². The Bertz CT molecular complexity index is 498. The summed E-state index contributed by atoms with van der Waals surface area (Å²) in [4.78, 5) is 22.1. The standard InChI is InChI=1S/C8H8F4O6S/c9-7(8(10,11)12,19(15,16)17)6(14)18-5-3-1-2-4(5)13/h5H,1-3H2,(H,15,16,17). The Hall–Kier alpha value is -1.23. The first kappa shape index (κ1) is 15.8. The number of halogens is 4. The zero-order chi connectivity index (χ0) is 15.1. The van der Waals surface area contributed by atoms with Gasteiger partial charge in [0, 0.05) is 6.42 Å². The summed E-state index contributed by atoms with van der Waals surface area (Å²) in [5.74, 6) is -3.61. The normalized spacial score (nSPS) is 24.1. The van der Waals surface area contributed by atoms with Gasteiger partial charge in [-0.3, -0.25) is 9.35 Å². The highest BCUT2D eigenvalue weighted by Gasteiger charge is 2.73. The fraction of sp³-hybridized carbons (Fsp3) is 0.750. The molecule has 0 aromatic rings. The third-order valence-electron chi connectivity index (χ3n) is 2.48. The van der Waals surface area contributed by atoms with Gasteiger partial charge in [-0.15, -0.1) is 0 Å². The number of ketones is 1. The zero-order valence-corrected chi connectivity index (χ0v) is 9.92. The number of rotatable bonds is 3. The van der Waals surface area contributed by atoms with E-state index in [0.717, 1.165) is 0 Å². The van der Waals surface area contributed by atoms with Crippen LogP contribution in [-0.4, -0.2) is 42.0 Å². The summed E-state index contributed by atoms with van der Waals surface area (Å²) in [6.07, 6.45) is -7.86. The van der Waals surface area contributed by atoms with Crippen molar-refractivity contribution in [2.24, 2.45) is 0 Å². The molecule has 0 saturated heterocycles. The zero-order valence-electron chi connectivity index (χ0n) is 9.11. The quantitative estimate of drug-likeness (QED) is 0.470. The van der Waals surface area contributed by atoms with Crippen molar-refractivity contribution in [1.82, 2.24) is 0 Å². The predicted molar refractivity (Wildman–Crippen MR) is 50.2 cm³/mol. The Labute approximate surface area is 104 Å². The van der Waals surface area contributed by atoms with Crippen LogP contribution in [0.25, 0.3) is 0 Å². The maximum absolute atomic E-state index is 13.4. The summed E-state index contributed by atoms with van der Waals surface area (Å²) >= 11 is 0. The largest absolute Gasteiger partial charge is 0.451 e. The van der Waals surface area contributed by atoms with Crippen LogP contribution in [0.3, 0.4) is 0 Å². The van der Waals surface area contributed by atoms with Crippen LogP contribution in [0.4, 0.5) is 17.6 Å². The van der Waals surface area contributed by atoms with E-state index in [4.69, 9.17) is 4.55 Å². The van der Waals surface area contributed by atoms with Crippen molar-refractivity contribution in [2.75, 3.05) is 0 Å². The third kappa shape index (κ3) is 2.71. The molecule has 2 unspecified atom stereocenters. The van der Waals surface area contributed by atoms with Gasteiger partial charge in [-0.1, -0.05) is 0 Å². The molecule has 0 radical (unpaired) electrons. The molecule has 0 aliphatic heterocycles. The minimum Gasteiger partial charge on any atom is -0.451 e. The predicted octanol–water partition coefficient (Wildman–Crippen LogP) is 0.767. The summed E-state index contributed by atoms with van der Waals surface area (Å²) in [7, 11) is -6.46. The van der Waals surface area contributed by atoms with E-state index in [2.05, 4.69) is 4.74 Å². The number of alkyl halides is 4. The van der Waals surface area contributed by atoms with Crippen molar-refractivity contribution in [3.63, 3.8) is 0 Å². The van der Waals surface area contributed by atoms with Crippen molar-refractivity contribution in [3.8, 4) is 0 Å². The van der Waals surface area contributed by atoms with E-state index in [9.17, 15) is 35.6 Å². The van der Waals surface area contributed by atoms with Gasteiger partial charge in [0.25, 0.3) is 0 Å². The first-order valence-corrected chi connectivity index (χ1v) is 6.31. The SMILES string of the molecule is O=C1CCCC1OC(=O)C(F)(C(F)(F)F)S(=O)(=O)O. The second kappa shape index (κ2) is 4.71. The second-order valence-corrected chi connectivity index (χ2v) is 5.33. The molecule has 0 spiro atoms. The van der Waals surface area contributed by atoms with Crippen LogP contribution in [0.1, 0.15) is 19.3 Å². The van der Waals surface area contributed by atoms with Crippen LogP contribution in [0.2, 0.25) is 0 Å². The average molecular weight is 308 g/mol. The molecule has 0 heterocycles. The molecule has 11 heteroatoms. The number of carbonyl (C=O) groups excluding carboxylic acids is 2. The number of hydrogen-bond acceptors (Lipinski definition) is 5. The summed E-state index contributed by atoms with van der Waals surface area (Å²) in [6, 6.07) is 0. The number of ether oxygens (including phenoxy) is 1. The summed E-state index contributed by atoms with van der Waals surface area (Å²) < 4.78 is 83.5. The van der Waals surface area contributed by atoms with Crippen LogP contribution in [0.15, 0.2) is 0 Å². The molecule has 2 atom stereocenters. The minimum atomic E-state index is -6.46. The van der Waals surface area contributed by atoms with Crippen molar-refractivity contribution in [2.45, 2.75) is 36.5 Å². The molecule has 1 rings (SSSR count). The lowest BCUT2D eigenvalue weighted by molar-refractivity contribution is -0.217. The van der Waals surface area contributed by atoms with Gasteiger partial charge in [0.1, 0.15) is 0 Å². The summed E-state index contributed by atoms with van der Waals surface area (Å²) in [6.45, 7) is 0. The lowest BCUT2D eigenvalue weighted by Crippen LogP contribution is -2.55. The van der Waals surface area contributed by atoms with E-state index in [0.29, 0.717) is 0 Å². The lowest BCUT2D eigenvalue weighted by atomic mass is 10.3. The summed E-state index contributed by atoms with van der Waals surface area (Å²) in [5, 5.41) is -5.61.